The Morgan fingerprint density at radius 3 is 3.00 bits per heavy atom. The molecule has 0 bridgehead atoms. The highest BCUT2D eigenvalue weighted by molar-refractivity contribution is 5.94. The van der Waals surface area contributed by atoms with Crippen molar-refractivity contribution in [2.45, 2.75) is 31.8 Å². The van der Waals surface area contributed by atoms with Gasteiger partial charge in [-0.1, -0.05) is 6.08 Å². The van der Waals surface area contributed by atoms with Crippen molar-refractivity contribution >= 4 is 18.3 Å². The summed E-state index contributed by atoms with van der Waals surface area (Å²) < 4.78 is 0. The van der Waals surface area contributed by atoms with Gasteiger partial charge in [-0.3, -0.25) is 9.89 Å². The fourth-order valence-corrected chi connectivity index (χ4v) is 2.46. The van der Waals surface area contributed by atoms with E-state index in [-0.39, 0.29) is 18.3 Å². The Morgan fingerprint density at radius 2 is 2.32 bits per heavy atom. The minimum absolute atomic E-state index is 0. The highest BCUT2D eigenvalue weighted by Gasteiger charge is 2.34. The lowest BCUT2D eigenvalue weighted by Gasteiger charge is -2.21. The number of amides is 1. The van der Waals surface area contributed by atoms with Crippen LogP contribution in [-0.2, 0) is 13.0 Å². The zero-order valence-electron chi connectivity index (χ0n) is 10.8. The van der Waals surface area contributed by atoms with Gasteiger partial charge < -0.3 is 10.2 Å². The van der Waals surface area contributed by atoms with E-state index in [1.165, 1.54) is 0 Å². The van der Waals surface area contributed by atoms with Gasteiger partial charge in [0, 0.05) is 43.4 Å². The monoisotopic (exact) mass is 282 g/mol. The molecule has 0 spiro atoms. The van der Waals surface area contributed by atoms with Crippen molar-refractivity contribution in [3.8, 4) is 0 Å². The second-order valence-electron chi connectivity index (χ2n) is 4.93. The molecule has 5 nitrogen and oxygen atoms in total. The molecule has 0 saturated heterocycles. The molecule has 1 aromatic rings. The molecule has 0 unspecified atom stereocenters. The predicted octanol–water partition coefficient (Wildman–Crippen LogP) is 1.27. The van der Waals surface area contributed by atoms with E-state index in [9.17, 15) is 4.79 Å². The van der Waals surface area contributed by atoms with Crippen LogP contribution in [0.25, 0.3) is 0 Å². The highest BCUT2D eigenvalue weighted by Crippen LogP contribution is 2.29. The van der Waals surface area contributed by atoms with E-state index in [0.717, 1.165) is 43.6 Å². The van der Waals surface area contributed by atoms with E-state index >= 15 is 0 Å². The summed E-state index contributed by atoms with van der Waals surface area (Å²) >= 11 is 0. The first-order valence-corrected chi connectivity index (χ1v) is 6.50. The molecule has 19 heavy (non-hydrogen) atoms. The van der Waals surface area contributed by atoms with Gasteiger partial charge in [0.1, 0.15) is 0 Å². The Kier molecular flexibility index (Phi) is 4.27. The smallest absolute Gasteiger partial charge is 0.275 e. The third-order valence-corrected chi connectivity index (χ3v) is 3.58. The number of halogens is 1. The topological polar surface area (TPSA) is 61.0 Å². The number of aromatic nitrogens is 2. The SMILES string of the molecule is C=CCN(C(=O)c1n[nH]c2c1CNCC2)C1CC1.Cl. The number of hydrogen-bond acceptors (Lipinski definition) is 3. The van der Waals surface area contributed by atoms with Crippen LogP contribution in [-0.4, -0.2) is 40.1 Å². The number of aromatic amines is 1. The number of hydrogen-bond donors (Lipinski definition) is 2. The lowest BCUT2D eigenvalue weighted by atomic mass is 10.1. The molecule has 2 N–H and O–H groups in total. The molecule has 1 aliphatic carbocycles. The van der Waals surface area contributed by atoms with Crippen LogP contribution in [0.4, 0.5) is 0 Å². The second-order valence-corrected chi connectivity index (χ2v) is 4.93. The minimum Gasteiger partial charge on any atom is -0.331 e. The van der Waals surface area contributed by atoms with Crippen LogP contribution in [0.2, 0.25) is 0 Å². The van der Waals surface area contributed by atoms with Crippen LogP contribution in [0.15, 0.2) is 12.7 Å². The molecule has 0 radical (unpaired) electrons. The molecular formula is C13H19ClN4O. The number of nitrogens with one attached hydrogen (secondary N) is 2. The van der Waals surface area contributed by atoms with Gasteiger partial charge in [0.05, 0.1) is 0 Å². The van der Waals surface area contributed by atoms with Crippen LogP contribution >= 0.6 is 12.4 Å². The third-order valence-electron chi connectivity index (χ3n) is 3.58. The summed E-state index contributed by atoms with van der Waals surface area (Å²) in [6, 6.07) is 0.388. The van der Waals surface area contributed by atoms with Crippen LogP contribution in [0.5, 0.6) is 0 Å². The first-order valence-electron chi connectivity index (χ1n) is 6.50. The van der Waals surface area contributed by atoms with Gasteiger partial charge in [-0.2, -0.15) is 5.10 Å². The number of fused-ring (bicyclic) bond motifs is 1. The number of nitrogens with zero attached hydrogens (tertiary/aromatic N) is 2. The average Bonchev–Trinajstić information content (AvgIpc) is 3.14. The Morgan fingerprint density at radius 1 is 1.53 bits per heavy atom. The van der Waals surface area contributed by atoms with Crippen LogP contribution < -0.4 is 5.32 Å². The van der Waals surface area contributed by atoms with Gasteiger partial charge in [0.25, 0.3) is 5.91 Å². The normalized spacial score (nSPS) is 17.3. The van der Waals surface area contributed by atoms with E-state index in [4.69, 9.17) is 0 Å². The average molecular weight is 283 g/mol. The quantitative estimate of drug-likeness (QED) is 0.818. The van der Waals surface area contributed by atoms with Gasteiger partial charge in [-0.15, -0.1) is 19.0 Å². The van der Waals surface area contributed by atoms with Crippen molar-refractivity contribution in [2.24, 2.45) is 0 Å². The Hall–Kier alpha value is -1.33. The summed E-state index contributed by atoms with van der Waals surface area (Å²) in [5.74, 6) is 0.0404. The molecular weight excluding hydrogens is 264 g/mol. The van der Waals surface area contributed by atoms with E-state index in [2.05, 4.69) is 22.1 Å². The molecule has 1 fully saturated rings. The maximum Gasteiger partial charge on any atom is 0.275 e. The molecule has 1 amide bonds. The van der Waals surface area contributed by atoms with E-state index in [1.54, 1.807) is 6.08 Å². The molecule has 1 saturated carbocycles. The Labute approximate surface area is 118 Å². The van der Waals surface area contributed by atoms with Gasteiger partial charge in [-0.25, -0.2) is 0 Å². The van der Waals surface area contributed by atoms with Crippen LogP contribution in [0.1, 0.15) is 34.6 Å². The van der Waals surface area contributed by atoms with E-state index < -0.39 is 0 Å². The summed E-state index contributed by atoms with van der Waals surface area (Å²) in [5, 5.41) is 10.5. The summed E-state index contributed by atoms with van der Waals surface area (Å²) in [6.45, 7) is 6.02. The molecule has 0 atom stereocenters. The lowest BCUT2D eigenvalue weighted by Crippen LogP contribution is -2.35. The predicted molar refractivity (Wildman–Crippen MR) is 75.5 cm³/mol. The molecule has 6 heteroatoms. The molecule has 0 aromatic carbocycles. The molecule has 2 aliphatic rings. The van der Waals surface area contributed by atoms with Gasteiger partial charge >= 0.3 is 0 Å². The van der Waals surface area contributed by atoms with Crippen LogP contribution in [0.3, 0.4) is 0 Å². The van der Waals surface area contributed by atoms with Gasteiger partial charge in [0.2, 0.25) is 0 Å². The molecule has 3 rings (SSSR count). The maximum atomic E-state index is 12.5. The number of carbonyl (C=O) groups is 1. The summed E-state index contributed by atoms with van der Waals surface area (Å²) in [4.78, 5) is 14.4. The zero-order valence-corrected chi connectivity index (χ0v) is 11.6. The fraction of sp³-hybridized carbons (Fsp3) is 0.538. The van der Waals surface area contributed by atoms with Crippen molar-refractivity contribution in [3.63, 3.8) is 0 Å². The summed E-state index contributed by atoms with van der Waals surface area (Å²) in [5.41, 5.74) is 2.73. The summed E-state index contributed by atoms with van der Waals surface area (Å²) in [6.07, 6.45) is 4.91. The standard InChI is InChI=1S/C13H18N4O.ClH/c1-2-7-17(9-3-4-9)13(18)12-10-8-14-6-5-11(10)15-16-12;/h2,9,14H,1,3-8H2,(H,15,16);1H. The lowest BCUT2D eigenvalue weighted by molar-refractivity contribution is 0.0755. The molecule has 2 heterocycles. The maximum absolute atomic E-state index is 12.5. The third kappa shape index (κ3) is 2.67. The fourth-order valence-electron chi connectivity index (χ4n) is 2.46. The largest absolute Gasteiger partial charge is 0.331 e. The number of rotatable bonds is 4. The van der Waals surface area contributed by atoms with Crippen molar-refractivity contribution in [2.75, 3.05) is 13.1 Å². The van der Waals surface area contributed by atoms with E-state index in [0.29, 0.717) is 18.3 Å². The van der Waals surface area contributed by atoms with E-state index in [1.807, 2.05) is 4.90 Å². The van der Waals surface area contributed by atoms with Crippen molar-refractivity contribution < 1.29 is 4.79 Å². The minimum atomic E-state index is 0. The van der Waals surface area contributed by atoms with Crippen molar-refractivity contribution in [3.05, 3.63) is 29.6 Å². The highest BCUT2D eigenvalue weighted by atomic mass is 35.5. The first-order chi connectivity index (χ1) is 8.81. The molecule has 104 valence electrons. The Balaban J connectivity index is 0.00000133. The zero-order chi connectivity index (χ0) is 12.5. The van der Waals surface area contributed by atoms with Crippen LogP contribution in [0, 0.1) is 0 Å². The second kappa shape index (κ2) is 5.75. The molecule has 1 aromatic heterocycles. The van der Waals surface area contributed by atoms with Crippen molar-refractivity contribution in [1.29, 1.82) is 0 Å². The molecule has 1 aliphatic heterocycles. The summed E-state index contributed by atoms with van der Waals surface area (Å²) in [7, 11) is 0. The first kappa shape index (κ1) is 14.1. The number of carbonyl (C=O) groups excluding carboxylic acids is 1. The Bertz CT molecular complexity index is 481. The number of H-pyrrole nitrogens is 1. The van der Waals surface area contributed by atoms with Gasteiger partial charge in [0.15, 0.2) is 5.69 Å². The van der Waals surface area contributed by atoms with Crippen molar-refractivity contribution in [1.82, 2.24) is 20.4 Å². The van der Waals surface area contributed by atoms with Gasteiger partial charge in [-0.05, 0) is 12.8 Å².